The Labute approximate surface area is 199 Å². The molecule has 0 aromatic heterocycles. The minimum absolute atomic E-state index is 0.0587. The van der Waals surface area contributed by atoms with Gasteiger partial charge in [0.2, 0.25) is 0 Å². The quantitative estimate of drug-likeness (QED) is 0.359. The maximum absolute atomic E-state index is 13.1. The van der Waals surface area contributed by atoms with Crippen LogP contribution in [0.15, 0.2) is 48.0 Å². The average Bonchev–Trinajstić information content (AvgIpc) is 3.31. The van der Waals surface area contributed by atoms with E-state index in [-0.39, 0.29) is 30.6 Å². The van der Waals surface area contributed by atoms with Crippen LogP contribution in [0.3, 0.4) is 0 Å². The number of methoxy groups -OCH3 is 1. The Morgan fingerprint density at radius 2 is 1.91 bits per heavy atom. The summed E-state index contributed by atoms with van der Waals surface area (Å²) in [5.41, 5.74) is 2.24. The van der Waals surface area contributed by atoms with Gasteiger partial charge in [0.05, 0.1) is 24.8 Å². The Morgan fingerprint density at radius 1 is 1.18 bits per heavy atom. The van der Waals surface area contributed by atoms with E-state index < -0.39 is 17.7 Å². The normalized spacial score (nSPS) is 21.1. The predicted molar refractivity (Wildman–Crippen MR) is 128 cm³/mol. The highest BCUT2D eigenvalue weighted by molar-refractivity contribution is 6.46. The minimum atomic E-state index is -0.724. The van der Waals surface area contributed by atoms with Gasteiger partial charge in [-0.2, -0.15) is 0 Å². The SMILES string of the molecule is COCCN1C(=O)C(=O)/C(=C(\O)c2ccc3c(c2)CC(C)O3)C1c1ccc(OCC(C)C)cc1. The van der Waals surface area contributed by atoms with Crippen LogP contribution in [0.1, 0.15) is 43.5 Å². The molecule has 2 aliphatic heterocycles. The third kappa shape index (κ3) is 4.66. The van der Waals surface area contributed by atoms with Crippen molar-refractivity contribution in [1.29, 1.82) is 0 Å². The minimum Gasteiger partial charge on any atom is -0.507 e. The van der Waals surface area contributed by atoms with Crippen molar-refractivity contribution in [3.8, 4) is 11.5 Å². The number of nitrogens with zero attached hydrogens (tertiary/aromatic N) is 1. The summed E-state index contributed by atoms with van der Waals surface area (Å²) in [5, 5.41) is 11.3. The lowest BCUT2D eigenvalue weighted by atomic mass is 9.94. The van der Waals surface area contributed by atoms with E-state index in [0.717, 1.165) is 17.7 Å². The molecule has 0 aliphatic carbocycles. The Morgan fingerprint density at radius 3 is 2.59 bits per heavy atom. The van der Waals surface area contributed by atoms with Crippen molar-refractivity contribution in [3.63, 3.8) is 0 Å². The standard InChI is InChI=1S/C27H31NO6/c1-16(2)15-33-21-8-5-18(6-9-21)24-23(26(30)27(31)28(24)11-12-32-4)25(29)19-7-10-22-20(14-19)13-17(3)34-22/h5-10,14,16-17,24,29H,11-13,15H2,1-4H3/b25-23-. The summed E-state index contributed by atoms with van der Waals surface area (Å²) in [6.07, 6.45) is 0.781. The zero-order chi connectivity index (χ0) is 24.4. The van der Waals surface area contributed by atoms with Gasteiger partial charge in [-0.15, -0.1) is 0 Å². The van der Waals surface area contributed by atoms with Crippen LogP contribution in [0.2, 0.25) is 0 Å². The van der Waals surface area contributed by atoms with Gasteiger partial charge in [0.1, 0.15) is 23.4 Å². The molecule has 180 valence electrons. The summed E-state index contributed by atoms with van der Waals surface area (Å²) < 4.78 is 16.7. The van der Waals surface area contributed by atoms with Crippen LogP contribution in [0.25, 0.3) is 5.76 Å². The van der Waals surface area contributed by atoms with Crippen LogP contribution < -0.4 is 9.47 Å². The van der Waals surface area contributed by atoms with Gasteiger partial charge in [0, 0.05) is 25.6 Å². The molecule has 2 aliphatic rings. The molecule has 0 radical (unpaired) electrons. The molecule has 7 heteroatoms. The zero-order valence-corrected chi connectivity index (χ0v) is 20.0. The molecule has 2 aromatic rings. The second-order valence-electron chi connectivity index (χ2n) is 9.21. The number of likely N-dealkylation sites (tertiary alicyclic amines) is 1. The molecule has 7 nitrogen and oxygen atoms in total. The maximum atomic E-state index is 13.1. The van der Waals surface area contributed by atoms with E-state index in [1.165, 1.54) is 4.90 Å². The van der Waals surface area contributed by atoms with E-state index in [2.05, 4.69) is 13.8 Å². The number of fused-ring (bicyclic) bond motifs is 1. The topological polar surface area (TPSA) is 85.3 Å². The lowest BCUT2D eigenvalue weighted by molar-refractivity contribution is -0.140. The van der Waals surface area contributed by atoms with Gasteiger partial charge in [-0.05, 0) is 54.3 Å². The van der Waals surface area contributed by atoms with Crippen molar-refractivity contribution in [2.75, 3.05) is 26.9 Å². The highest BCUT2D eigenvalue weighted by Gasteiger charge is 2.46. The number of aliphatic hydroxyl groups excluding tert-OH is 1. The van der Waals surface area contributed by atoms with Gasteiger partial charge < -0.3 is 24.2 Å². The second-order valence-corrected chi connectivity index (χ2v) is 9.21. The Hall–Kier alpha value is -3.32. The molecule has 1 N–H and O–H groups in total. The molecule has 1 saturated heterocycles. The highest BCUT2D eigenvalue weighted by Crippen LogP contribution is 2.40. The van der Waals surface area contributed by atoms with E-state index in [4.69, 9.17) is 14.2 Å². The lowest BCUT2D eigenvalue weighted by Crippen LogP contribution is -2.32. The van der Waals surface area contributed by atoms with Crippen LogP contribution in [0, 0.1) is 5.92 Å². The molecule has 0 saturated carbocycles. The molecule has 0 spiro atoms. The van der Waals surface area contributed by atoms with Gasteiger partial charge in [-0.25, -0.2) is 0 Å². The van der Waals surface area contributed by atoms with E-state index >= 15 is 0 Å². The molecule has 1 fully saturated rings. The number of hydrogen-bond donors (Lipinski definition) is 1. The number of ketones is 1. The van der Waals surface area contributed by atoms with E-state index in [0.29, 0.717) is 29.4 Å². The lowest BCUT2D eigenvalue weighted by Gasteiger charge is -2.25. The molecule has 34 heavy (non-hydrogen) atoms. The smallest absolute Gasteiger partial charge is 0.295 e. The number of carbonyl (C=O) groups is 2. The summed E-state index contributed by atoms with van der Waals surface area (Å²) >= 11 is 0. The summed E-state index contributed by atoms with van der Waals surface area (Å²) in [7, 11) is 1.54. The van der Waals surface area contributed by atoms with E-state index in [9.17, 15) is 14.7 Å². The van der Waals surface area contributed by atoms with Crippen molar-refractivity contribution < 1.29 is 28.9 Å². The molecule has 0 bridgehead atoms. The fraction of sp³-hybridized carbons (Fsp3) is 0.407. The molecule has 2 aromatic carbocycles. The fourth-order valence-corrected chi connectivity index (χ4v) is 4.38. The molecule has 2 heterocycles. The second kappa shape index (κ2) is 9.89. The Kier molecular flexibility index (Phi) is 6.93. The number of benzene rings is 2. The van der Waals surface area contributed by atoms with Gasteiger partial charge in [0.15, 0.2) is 0 Å². The zero-order valence-electron chi connectivity index (χ0n) is 20.0. The number of aliphatic hydroxyl groups is 1. The molecular formula is C27H31NO6. The van der Waals surface area contributed by atoms with Crippen LogP contribution in [0.4, 0.5) is 0 Å². The fourth-order valence-electron chi connectivity index (χ4n) is 4.38. The molecule has 4 rings (SSSR count). The van der Waals surface area contributed by atoms with Crippen LogP contribution in [-0.2, 0) is 20.7 Å². The first-order chi connectivity index (χ1) is 16.3. The van der Waals surface area contributed by atoms with Gasteiger partial charge >= 0.3 is 0 Å². The summed E-state index contributed by atoms with van der Waals surface area (Å²) in [4.78, 5) is 27.5. The maximum Gasteiger partial charge on any atom is 0.295 e. The summed E-state index contributed by atoms with van der Waals surface area (Å²) in [6.45, 7) is 7.21. The first-order valence-electron chi connectivity index (χ1n) is 11.6. The first-order valence-corrected chi connectivity index (χ1v) is 11.6. The van der Waals surface area contributed by atoms with Gasteiger partial charge in [-0.3, -0.25) is 9.59 Å². The Bertz CT molecular complexity index is 1100. The van der Waals surface area contributed by atoms with Crippen molar-refractivity contribution in [3.05, 3.63) is 64.7 Å². The highest BCUT2D eigenvalue weighted by atomic mass is 16.5. The molecule has 1 amide bonds. The monoisotopic (exact) mass is 465 g/mol. The van der Waals surface area contributed by atoms with Crippen molar-refractivity contribution in [1.82, 2.24) is 4.90 Å². The number of amides is 1. The summed E-state index contributed by atoms with van der Waals surface area (Å²) in [6, 6.07) is 11.9. The number of rotatable bonds is 8. The van der Waals surface area contributed by atoms with E-state index in [1.54, 1.807) is 19.2 Å². The van der Waals surface area contributed by atoms with Crippen molar-refractivity contribution in [2.45, 2.75) is 39.3 Å². The molecule has 2 unspecified atom stereocenters. The summed E-state index contributed by atoms with van der Waals surface area (Å²) in [5.74, 6) is 0.329. The van der Waals surface area contributed by atoms with Crippen molar-refractivity contribution in [2.24, 2.45) is 5.92 Å². The average molecular weight is 466 g/mol. The van der Waals surface area contributed by atoms with E-state index in [1.807, 2.05) is 37.3 Å². The number of hydrogen-bond acceptors (Lipinski definition) is 6. The predicted octanol–water partition coefficient (Wildman–Crippen LogP) is 4.11. The third-order valence-electron chi connectivity index (χ3n) is 6.02. The number of carbonyl (C=O) groups excluding carboxylic acids is 2. The first kappa shape index (κ1) is 23.8. The van der Waals surface area contributed by atoms with Crippen molar-refractivity contribution >= 4 is 17.4 Å². The van der Waals surface area contributed by atoms with Crippen LogP contribution >= 0.6 is 0 Å². The Balaban J connectivity index is 1.74. The van der Waals surface area contributed by atoms with Crippen LogP contribution in [-0.4, -0.2) is 54.7 Å². The number of Topliss-reactive ketones (excluding diaryl/α,β-unsaturated/α-hetero) is 1. The number of ether oxygens (including phenoxy) is 3. The van der Waals surface area contributed by atoms with Crippen LogP contribution in [0.5, 0.6) is 11.5 Å². The molecule has 2 atom stereocenters. The van der Waals surface area contributed by atoms with Gasteiger partial charge in [-0.1, -0.05) is 26.0 Å². The molecular weight excluding hydrogens is 434 g/mol. The largest absolute Gasteiger partial charge is 0.507 e. The third-order valence-corrected chi connectivity index (χ3v) is 6.02. The van der Waals surface area contributed by atoms with Gasteiger partial charge in [0.25, 0.3) is 11.7 Å².